The van der Waals surface area contributed by atoms with Crippen molar-refractivity contribution in [2.24, 2.45) is 0 Å². The lowest BCUT2D eigenvalue weighted by Crippen LogP contribution is -2.21. The molecule has 1 N–H and O–H groups in total. The molecule has 102 valence electrons. The van der Waals surface area contributed by atoms with Crippen molar-refractivity contribution in [3.63, 3.8) is 0 Å². The molecule has 0 unspecified atom stereocenters. The van der Waals surface area contributed by atoms with Gasteiger partial charge in [0.1, 0.15) is 0 Å². The highest BCUT2D eigenvalue weighted by atomic mass is 16.1. The number of fused-ring (bicyclic) bond motifs is 1. The van der Waals surface area contributed by atoms with Crippen molar-refractivity contribution >= 4 is 10.8 Å². The second-order valence-electron chi connectivity index (χ2n) is 4.86. The first kappa shape index (κ1) is 13.8. The van der Waals surface area contributed by atoms with Crippen molar-refractivity contribution in [3.8, 4) is 0 Å². The average Bonchev–Trinajstić information content (AvgIpc) is 2.45. The third-order valence-electron chi connectivity index (χ3n) is 3.32. The van der Waals surface area contributed by atoms with Gasteiger partial charge in [0.2, 0.25) is 0 Å². The number of aromatic nitrogens is 1. The first-order valence-electron chi connectivity index (χ1n) is 7.12. The molecule has 0 fully saturated rings. The number of hydrogen-bond donors (Lipinski definition) is 1. The fourth-order valence-electron chi connectivity index (χ4n) is 2.24. The van der Waals surface area contributed by atoms with Gasteiger partial charge < -0.3 is 9.88 Å². The molecule has 0 bridgehead atoms. The van der Waals surface area contributed by atoms with E-state index in [-0.39, 0.29) is 5.56 Å². The molecule has 0 atom stereocenters. The Balaban J connectivity index is 1.94. The second-order valence-corrected chi connectivity index (χ2v) is 4.86. The summed E-state index contributed by atoms with van der Waals surface area (Å²) in [7, 11) is 0. The van der Waals surface area contributed by atoms with Crippen molar-refractivity contribution in [2.45, 2.75) is 32.7 Å². The van der Waals surface area contributed by atoms with Gasteiger partial charge >= 0.3 is 0 Å². The number of nitrogens with one attached hydrogen (secondary N) is 1. The van der Waals surface area contributed by atoms with Crippen LogP contribution in [-0.4, -0.2) is 17.7 Å². The van der Waals surface area contributed by atoms with Crippen molar-refractivity contribution in [1.82, 2.24) is 9.88 Å². The van der Waals surface area contributed by atoms with E-state index in [2.05, 4.69) is 12.2 Å². The van der Waals surface area contributed by atoms with Gasteiger partial charge in [-0.05, 0) is 49.9 Å². The number of unbranched alkanes of at least 4 members (excludes halogenated alkanes) is 1. The molecule has 1 aromatic heterocycles. The summed E-state index contributed by atoms with van der Waals surface area (Å²) in [4.78, 5) is 12.2. The summed E-state index contributed by atoms with van der Waals surface area (Å²) in [6.07, 6.45) is 5.22. The molecule has 0 aliphatic carbocycles. The zero-order valence-electron chi connectivity index (χ0n) is 11.6. The van der Waals surface area contributed by atoms with Gasteiger partial charge in [0.15, 0.2) is 0 Å². The molecule has 0 saturated carbocycles. The second kappa shape index (κ2) is 7.10. The molecule has 0 amide bonds. The maximum absolute atomic E-state index is 12.2. The standard InChI is InChI=1S/C16H22N2O/c1-2-10-17-11-5-6-12-18-13-9-14-7-3-4-8-15(14)16(18)19/h3-4,7-9,13,17H,2,5-6,10-12H2,1H3. The van der Waals surface area contributed by atoms with Crippen LogP contribution < -0.4 is 10.9 Å². The van der Waals surface area contributed by atoms with Crippen LogP contribution in [0.4, 0.5) is 0 Å². The zero-order chi connectivity index (χ0) is 13.5. The lowest BCUT2D eigenvalue weighted by atomic mass is 10.2. The summed E-state index contributed by atoms with van der Waals surface area (Å²) < 4.78 is 1.82. The number of aryl methyl sites for hydroxylation is 1. The van der Waals surface area contributed by atoms with E-state index in [1.54, 1.807) is 0 Å². The number of nitrogens with zero attached hydrogens (tertiary/aromatic N) is 1. The van der Waals surface area contributed by atoms with Gasteiger partial charge in [0.05, 0.1) is 0 Å². The van der Waals surface area contributed by atoms with Crippen molar-refractivity contribution in [1.29, 1.82) is 0 Å². The summed E-state index contributed by atoms with van der Waals surface area (Å²) >= 11 is 0. The van der Waals surface area contributed by atoms with Gasteiger partial charge in [0, 0.05) is 18.1 Å². The Hall–Kier alpha value is -1.61. The molecule has 0 aliphatic rings. The predicted molar refractivity (Wildman–Crippen MR) is 80.6 cm³/mol. The highest BCUT2D eigenvalue weighted by molar-refractivity contribution is 5.81. The monoisotopic (exact) mass is 258 g/mol. The molecule has 1 aromatic carbocycles. The quantitative estimate of drug-likeness (QED) is 0.775. The predicted octanol–water partition coefficient (Wildman–Crippen LogP) is 2.78. The topological polar surface area (TPSA) is 34.0 Å². The van der Waals surface area contributed by atoms with Gasteiger partial charge in [-0.1, -0.05) is 25.1 Å². The minimum Gasteiger partial charge on any atom is -0.317 e. The summed E-state index contributed by atoms with van der Waals surface area (Å²) in [5, 5.41) is 5.21. The molecular formula is C16H22N2O. The summed E-state index contributed by atoms with van der Waals surface area (Å²) in [6.45, 7) is 5.09. The fourth-order valence-corrected chi connectivity index (χ4v) is 2.24. The number of rotatable bonds is 7. The van der Waals surface area contributed by atoms with E-state index < -0.39 is 0 Å². The Morgan fingerprint density at radius 3 is 2.79 bits per heavy atom. The Kier molecular flexibility index (Phi) is 5.16. The third kappa shape index (κ3) is 3.67. The lowest BCUT2D eigenvalue weighted by molar-refractivity contribution is 0.560. The van der Waals surface area contributed by atoms with Gasteiger partial charge in [0.25, 0.3) is 5.56 Å². The molecule has 0 aliphatic heterocycles. The Morgan fingerprint density at radius 2 is 1.95 bits per heavy atom. The van der Waals surface area contributed by atoms with Crippen LogP contribution >= 0.6 is 0 Å². The minimum atomic E-state index is 0.125. The SMILES string of the molecule is CCCNCCCCn1ccc2ccccc2c1=O. The van der Waals surface area contributed by atoms with Crippen LogP contribution in [0, 0.1) is 0 Å². The summed E-state index contributed by atoms with van der Waals surface area (Å²) in [6, 6.07) is 9.78. The first-order chi connectivity index (χ1) is 9.33. The molecule has 2 aromatic rings. The van der Waals surface area contributed by atoms with Crippen LogP contribution in [0.15, 0.2) is 41.3 Å². The highest BCUT2D eigenvalue weighted by Gasteiger charge is 2.01. The van der Waals surface area contributed by atoms with Crippen LogP contribution in [0.25, 0.3) is 10.8 Å². The normalized spacial score (nSPS) is 11.0. The van der Waals surface area contributed by atoms with E-state index in [0.717, 1.165) is 43.2 Å². The molecular weight excluding hydrogens is 236 g/mol. The molecule has 19 heavy (non-hydrogen) atoms. The largest absolute Gasteiger partial charge is 0.317 e. The Labute approximate surface area is 114 Å². The molecule has 3 heteroatoms. The lowest BCUT2D eigenvalue weighted by Gasteiger charge is -2.07. The number of hydrogen-bond acceptors (Lipinski definition) is 2. The van der Waals surface area contributed by atoms with Gasteiger partial charge in [-0.3, -0.25) is 4.79 Å². The van der Waals surface area contributed by atoms with Crippen LogP contribution in [0.2, 0.25) is 0 Å². The molecule has 3 nitrogen and oxygen atoms in total. The Morgan fingerprint density at radius 1 is 1.11 bits per heavy atom. The van der Waals surface area contributed by atoms with Crippen LogP contribution in [0.3, 0.4) is 0 Å². The molecule has 1 heterocycles. The van der Waals surface area contributed by atoms with Gasteiger partial charge in [-0.2, -0.15) is 0 Å². The summed E-state index contributed by atoms with van der Waals surface area (Å²) in [5.74, 6) is 0. The zero-order valence-corrected chi connectivity index (χ0v) is 11.6. The minimum absolute atomic E-state index is 0.125. The summed E-state index contributed by atoms with van der Waals surface area (Å²) in [5.41, 5.74) is 0.125. The van der Waals surface area contributed by atoms with Crippen LogP contribution in [0.1, 0.15) is 26.2 Å². The van der Waals surface area contributed by atoms with E-state index in [1.165, 1.54) is 6.42 Å². The van der Waals surface area contributed by atoms with Crippen molar-refractivity contribution < 1.29 is 0 Å². The van der Waals surface area contributed by atoms with Gasteiger partial charge in [-0.15, -0.1) is 0 Å². The van der Waals surface area contributed by atoms with E-state index in [0.29, 0.717) is 0 Å². The molecule has 0 radical (unpaired) electrons. The highest BCUT2D eigenvalue weighted by Crippen LogP contribution is 2.08. The Bertz CT molecular complexity index is 574. The maximum atomic E-state index is 12.2. The molecule has 2 rings (SSSR count). The van der Waals surface area contributed by atoms with E-state index in [4.69, 9.17) is 0 Å². The molecule has 0 spiro atoms. The van der Waals surface area contributed by atoms with Gasteiger partial charge in [-0.25, -0.2) is 0 Å². The smallest absolute Gasteiger partial charge is 0.258 e. The number of benzene rings is 1. The average molecular weight is 258 g/mol. The van der Waals surface area contributed by atoms with E-state index in [1.807, 2.05) is 41.1 Å². The van der Waals surface area contributed by atoms with E-state index in [9.17, 15) is 4.79 Å². The first-order valence-corrected chi connectivity index (χ1v) is 7.12. The van der Waals surface area contributed by atoms with Crippen molar-refractivity contribution in [3.05, 3.63) is 46.9 Å². The number of pyridine rings is 1. The fraction of sp³-hybridized carbons (Fsp3) is 0.438. The van der Waals surface area contributed by atoms with E-state index >= 15 is 0 Å². The van der Waals surface area contributed by atoms with Crippen molar-refractivity contribution in [2.75, 3.05) is 13.1 Å². The third-order valence-corrected chi connectivity index (χ3v) is 3.32. The molecule has 0 saturated heterocycles. The van der Waals surface area contributed by atoms with Crippen LogP contribution in [0.5, 0.6) is 0 Å². The van der Waals surface area contributed by atoms with Crippen LogP contribution in [-0.2, 0) is 6.54 Å². The maximum Gasteiger partial charge on any atom is 0.258 e.